The SMILES string of the molecule is Cc1nc(N(C)C)sc1C(O)CCN. The van der Waals surface area contributed by atoms with Gasteiger partial charge in [0.2, 0.25) is 0 Å². The van der Waals surface area contributed by atoms with Gasteiger partial charge < -0.3 is 15.7 Å². The standard InChI is InChI=1S/C9H17N3OS/c1-6-8(7(13)4-5-10)14-9(11-6)12(2)3/h7,13H,4-5,10H2,1-3H3. The molecule has 0 spiro atoms. The van der Waals surface area contributed by atoms with Gasteiger partial charge in [0.25, 0.3) is 0 Å². The number of aliphatic hydroxyl groups is 1. The van der Waals surface area contributed by atoms with Crippen molar-refractivity contribution in [2.45, 2.75) is 19.4 Å². The lowest BCUT2D eigenvalue weighted by atomic mass is 10.2. The third-order valence-corrected chi connectivity index (χ3v) is 3.37. The lowest BCUT2D eigenvalue weighted by Gasteiger charge is -2.07. The highest BCUT2D eigenvalue weighted by atomic mass is 32.1. The molecule has 0 bridgehead atoms. The highest BCUT2D eigenvalue weighted by Gasteiger charge is 2.15. The van der Waals surface area contributed by atoms with E-state index in [4.69, 9.17) is 5.73 Å². The van der Waals surface area contributed by atoms with E-state index in [9.17, 15) is 5.11 Å². The first kappa shape index (κ1) is 11.4. The third-order valence-electron chi connectivity index (χ3n) is 1.95. The molecule has 5 heteroatoms. The van der Waals surface area contributed by atoms with Gasteiger partial charge in [0.1, 0.15) is 0 Å². The van der Waals surface area contributed by atoms with Crippen molar-refractivity contribution in [1.82, 2.24) is 4.98 Å². The first-order valence-electron chi connectivity index (χ1n) is 4.59. The first-order chi connectivity index (χ1) is 6.56. The summed E-state index contributed by atoms with van der Waals surface area (Å²) in [5, 5.41) is 10.7. The Labute approximate surface area is 88.4 Å². The Hall–Kier alpha value is -0.650. The molecule has 1 rings (SSSR count). The number of aromatic nitrogens is 1. The van der Waals surface area contributed by atoms with E-state index in [2.05, 4.69) is 4.98 Å². The number of nitrogens with two attached hydrogens (primary N) is 1. The molecule has 4 nitrogen and oxygen atoms in total. The second-order valence-electron chi connectivity index (χ2n) is 3.43. The maximum atomic E-state index is 9.77. The molecular formula is C9H17N3OS. The van der Waals surface area contributed by atoms with E-state index in [-0.39, 0.29) is 0 Å². The Kier molecular flexibility index (Phi) is 3.86. The smallest absolute Gasteiger partial charge is 0.185 e. The molecule has 1 aromatic heterocycles. The monoisotopic (exact) mass is 215 g/mol. The Morgan fingerprint density at radius 2 is 2.21 bits per heavy atom. The number of aliphatic hydroxyl groups excluding tert-OH is 1. The minimum atomic E-state index is -0.466. The van der Waals surface area contributed by atoms with Crippen molar-refractivity contribution in [3.63, 3.8) is 0 Å². The molecule has 0 radical (unpaired) electrons. The van der Waals surface area contributed by atoms with Crippen LogP contribution in [0.1, 0.15) is 23.1 Å². The first-order valence-corrected chi connectivity index (χ1v) is 5.40. The number of nitrogens with zero attached hydrogens (tertiary/aromatic N) is 2. The van der Waals surface area contributed by atoms with Crippen LogP contribution < -0.4 is 10.6 Å². The second kappa shape index (κ2) is 4.72. The number of rotatable bonds is 4. The van der Waals surface area contributed by atoms with E-state index >= 15 is 0 Å². The van der Waals surface area contributed by atoms with Gasteiger partial charge in [0.05, 0.1) is 16.7 Å². The number of anilines is 1. The molecule has 1 heterocycles. The fraction of sp³-hybridized carbons (Fsp3) is 0.667. The second-order valence-corrected chi connectivity index (χ2v) is 4.44. The summed E-state index contributed by atoms with van der Waals surface area (Å²) in [6, 6.07) is 0. The lowest BCUT2D eigenvalue weighted by Crippen LogP contribution is -2.07. The van der Waals surface area contributed by atoms with Crippen LogP contribution in [0.2, 0.25) is 0 Å². The number of thiazole rings is 1. The summed E-state index contributed by atoms with van der Waals surface area (Å²) in [5.41, 5.74) is 6.30. The van der Waals surface area contributed by atoms with Crippen LogP contribution in [-0.2, 0) is 0 Å². The molecule has 0 aliphatic heterocycles. The molecule has 1 atom stereocenters. The van der Waals surface area contributed by atoms with Gasteiger partial charge in [-0.2, -0.15) is 0 Å². The van der Waals surface area contributed by atoms with Gasteiger partial charge in [-0.1, -0.05) is 11.3 Å². The van der Waals surface area contributed by atoms with E-state index in [0.717, 1.165) is 15.7 Å². The summed E-state index contributed by atoms with van der Waals surface area (Å²) in [6.07, 6.45) is 0.127. The lowest BCUT2D eigenvalue weighted by molar-refractivity contribution is 0.173. The van der Waals surface area contributed by atoms with Gasteiger partial charge in [-0.15, -0.1) is 0 Å². The van der Waals surface area contributed by atoms with E-state index in [1.807, 2.05) is 25.9 Å². The number of aryl methyl sites for hydroxylation is 1. The minimum Gasteiger partial charge on any atom is -0.387 e. The highest BCUT2D eigenvalue weighted by Crippen LogP contribution is 2.30. The van der Waals surface area contributed by atoms with Gasteiger partial charge in [-0.3, -0.25) is 0 Å². The van der Waals surface area contributed by atoms with Crippen molar-refractivity contribution in [2.24, 2.45) is 5.73 Å². The summed E-state index contributed by atoms with van der Waals surface area (Å²) in [5.74, 6) is 0. The van der Waals surface area contributed by atoms with Gasteiger partial charge in [0, 0.05) is 14.1 Å². The maximum Gasteiger partial charge on any atom is 0.185 e. The average molecular weight is 215 g/mol. The Balaban J connectivity index is 2.86. The van der Waals surface area contributed by atoms with Gasteiger partial charge >= 0.3 is 0 Å². The van der Waals surface area contributed by atoms with Crippen molar-refractivity contribution in [1.29, 1.82) is 0 Å². The molecule has 14 heavy (non-hydrogen) atoms. The normalized spacial score (nSPS) is 12.9. The fourth-order valence-corrected chi connectivity index (χ4v) is 2.19. The van der Waals surface area contributed by atoms with Crippen LogP contribution in [0.15, 0.2) is 0 Å². The molecule has 1 unspecified atom stereocenters. The summed E-state index contributed by atoms with van der Waals surface area (Å²) in [7, 11) is 3.88. The number of hydrogen-bond acceptors (Lipinski definition) is 5. The van der Waals surface area contributed by atoms with Crippen LogP contribution in [0.25, 0.3) is 0 Å². The largest absolute Gasteiger partial charge is 0.387 e. The van der Waals surface area contributed by atoms with Gasteiger partial charge in [0.15, 0.2) is 5.13 Å². The van der Waals surface area contributed by atoms with E-state index in [1.54, 1.807) is 0 Å². The molecule has 0 saturated carbocycles. The fourth-order valence-electron chi connectivity index (χ4n) is 1.18. The topological polar surface area (TPSA) is 62.4 Å². The van der Waals surface area contributed by atoms with E-state index in [1.165, 1.54) is 11.3 Å². The molecule has 3 N–H and O–H groups in total. The van der Waals surface area contributed by atoms with E-state index < -0.39 is 6.10 Å². The molecule has 0 amide bonds. The van der Waals surface area contributed by atoms with Crippen LogP contribution in [0.3, 0.4) is 0 Å². The zero-order valence-corrected chi connectivity index (χ0v) is 9.64. The molecule has 1 aromatic rings. The van der Waals surface area contributed by atoms with Crippen molar-refractivity contribution in [2.75, 3.05) is 25.5 Å². The zero-order chi connectivity index (χ0) is 10.7. The quantitative estimate of drug-likeness (QED) is 0.783. The predicted molar refractivity (Wildman–Crippen MR) is 59.8 cm³/mol. The average Bonchev–Trinajstić information content (AvgIpc) is 2.48. The summed E-state index contributed by atoms with van der Waals surface area (Å²) >= 11 is 1.52. The van der Waals surface area contributed by atoms with Gasteiger partial charge in [-0.25, -0.2) is 4.98 Å². The predicted octanol–water partition coefficient (Wildman–Crippen LogP) is 0.900. The maximum absolute atomic E-state index is 9.77. The molecule has 80 valence electrons. The summed E-state index contributed by atoms with van der Waals surface area (Å²) in [4.78, 5) is 7.23. The Morgan fingerprint density at radius 1 is 1.57 bits per heavy atom. The summed E-state index contributed by atoms with van der Waals surface area (Å²) < 4.78 is 0. The van der Waals surface area contributed by atoms with Crippen LogP contribution in [0.5, 0.6) is 0 Å². The third kappa shape index (κ3) is 2.43. The Bertz CT molecular complexity index is 298. The Morgan fingerprint density at radius 3 is 2.64 bits per heavy atom. The molecule has 0 aliphatic rings. The van der Waals surface area contributed by atoms with Crippen molar-refractivity contribution in [3.8, 4) is 0 Å². The highest BCUT2D eigenvalue weighted by molar-refractivity contribution is 7.15. The molecule has 0 fully saturated rings. The molecule has 0 aromatic carbocycles. The minimum absolute atomic E-state index is 0.466. The zero-order valence-electron chi connectivity index (χ0n) is 8.82. The molecule has 0 saturated heterocycles. The molecule has 0 aliphatic carbocycles. The van der Waals surface area contributed by atoms with Crippen LogP contribution in [-0.4, -0.2) is 30.7 Å². The van der Waals surface area contributed by atoms with Crippen LogP contribution in [0, 0.1) is 6.92 Å². The van der Waals surface area contributed by atoms with E-state index in [0.29, 0.717) is 13.0 Å². The van der Waals surface area contributed by atoms with Gasteiger partial charge in [-0.05, 0) is 19.9 Å². The molecular weight excluding hydrogens is 198 g/mol. The number of hydrogen-bond donors (Lipinski definition) is 2. The summed E-state index contributed by atoms with van der Waals surface area (Å²) in [6.45, 7) is 2.41. The van der Waals surface area contributed by atoms with Crippen molar-refractivity contribution in [3.05, 3.63) is 10.6 Å². The van der Waals surface area contributed by atoms with Crippen molar-refractivity contribution >= 4 is 16.5 Å². The van der Waals surface area contributed by atoms with Crippen LogP contribution >= 0.6 is 11.3 Å². The van der Waals surface area contributed by atoms with Crippen molar-refractivity contribution < 1.29 is 5.11 Å². The van der Waals surface area contributed by atoms with Crippen LogP contribution in [0.4, 0.5) is 5.13 Å².